The number of aromatic nitrogens is 1. The number of nitrogen functional groups attached to an aromatic ring is 1. The number of hydrogen-bond donors (Lipinski definition) is 1. The third kappa shape index (κ3) is 1.58. The lowest BCUT2D eigenvalue weighted by atomic mass is 10.1. The third-order valence-corrected chi connectivity index (χ3v) is 2.47. The van der Waals surface area contributed by atoms with Crippen LogP contribution in [0.25, 0.3) is 0 Å². The van der Waals surface area contributed by atoms with E-state index < -0.39 is 11.6 Å². The summed E-state index contributed by atoms with van der Waals surface area (Å²) in [6, 6.07) is 9.16. The van der Waals surface area contributed by atoms with Gasteiger partial charge >= 0.3 is 0 Å². The number of ketones is 1. The quantitative estimate of drug-likeness (QED) is 0.618. The van der Waals surface area contributed by atoms with Crippen LogP contribution in [0.3, 0.4) is 0 Å². The van der Waals surface area contributed by atoms with Crippen molar-refractivity contribution in [3.63, 3.8) is 0 Å². The molecule has 2 rings (SSSR count). The summed E-state index contributed by atoms with van der Waals surface area (Å²) in [6.07, 6.45) is 0. The molecule has 2 N–H and O–H groups in total. The van der Waals surface area contributed by atoms with Gasteiger partial charge in [0.15, 0.2) is 0 Å². The average Bonchev–Trinajstić information content (AvgIpc) is 2.60. The Balaban J connectivity index is 2.48. The Morgan fingerprint density at radius 1 is 1.25 bits per heavy atom. The fourth-order valence-corrected chi connectivity index (χ4v) is 1.52. The number of benzene rings is 1. The molecule has 1 aromatic heterocycles. The Kier molecular flexibility index (Phi) is 2.48. The van der Waals surface area contributed by atoms with E-state index >= 15 is 0 Å². The lowest BCUT2D eigenvalue weighted by Crippen LogP contribution is -2.18. The fourth-order valence-electron chi connectivity index (χ4n) is 1.52. The van der Waals surface area contributed by atoms with Gasteiger partial charge in [-0.05, 0) is 31.2 Å². The van der Waals surface area contributed by atoms with Gasteiger partial charge in [0.25, 0.3) is 0 Å². The van der Waals surface area contributed by atoms with Crippen LogP contribution in [0.2, 0.25) is 0 Å². The minimum absolute atomic E-state index is 0.0345. The van der Waals surface area contributed by atoms with Gasteiger partial charge in [-0.15, -0.1) is 0 Å². The molecule has 0 radical (unpaired) electrons. The normalized spacial score (nSPS) is 10.4. The summed E-state index contributed by atoms with van der Waals surface area (Å²) in [4.78, 5) is 12.0. The zero-order valence-electron chi connectivity index (χ0n) is 8.77. The zero-order chi connectivity index (χ0) is 11.7. The highest BCUT2D eigenvalue weighted by atomic mass is 19.1. The molecule has 0 aliphatic carbocycles. The van der Waals surface area contributed by atoms with Gasteiger partial charge in [-0.2, -0.15) is 0 Å². The predicted molar refractivity (Wildman–Crippen MR) is 59.2 cm³/mol. The first-order chi connectivity index (χ1) is 7.61. The number of nitrogens with zero attached hydrogens (tertiary/aromatic N) is 1. The second-order valence-corrected chi connectivity index (χ2v) is 3.54. The Hall–Kier alpha value is -2.10. The summed E-state index contributed by atoms with van der Waals surface area (Å²) in [5.41, 5.74) is 1.06. The molecule has 4 heteroatoms. The molecule has 1 heterocycles. The fraction of sp³-hybridized carbons (Fsp3) is 0.0833. The number of carbonyl (C=O) groups excluding carboxylic acids is 1. The van der Waals surface area contributed by atoms with Crippen LogP contribution in [0.1, 0.15) is 21.7 Å². The first-order valence-electron chi connectivity index (χ1n) is 4.84. The monoisotopic (exact) mass is 218 g/mol. The molecule has 16 heavy (non-hydrogen) atoms. The van der Waals surface area contributed by atoms with Crippen LogP contribution in [-0.4, -0.2) is 10.5 Å². The molecule has 82 valence electrons. The van der Waals surface area contributed by atoms with Crippen LogP contribution < -0.4 is 5.84 Å². The van der Waals surface area contributed by atoms with Gasteiger partial charge < -0.3 is 5.84 Å². The van der Waals surface area contributed by atoms with Crippen LogP contribution >= 0.6 is 0 Å². The number of aryl methyl sites for hydroxylation is 1. The Morgan fingerprint density at radius 2 is 1.94 bits per heavy atom. The zero-order valence-corrected chi connectivity index (χ0v) is 8.77. The smallest absolute Gasteiger partial charge is 0.214 e. The second-order valence-electron chi connectivity index (χ2n) is 3.54. The Morgan fingerprint density at radius 3 is 2.50 bits per heavy atom. The molecule has 0 spiro atoms. The molecule has 1 aromatic carbocycles. The van der Waals surface area contributed by atoms with E-state index in [1.54, 1.807) is 31.2 Å². The molecule has 0 atom stereocenters. The van der Waals surface area contributed by atoms with E-state index in [0.29, 0.717) is 0 Å². The first kappa shape index (κ1) is 10.4. The average molecular weight is 218 g/mol. The molecule has 0 aliphatic rings. The number of rotatable bonds is 2. The number of hydrogen-bond acceptors (Lipinski definition) is 2. The maximum Gasteiger partial charge on any atom is 0.214 e. The van der Waals surface area contributed by atoms with Crippen molar-refractivity contribution >= 4 is 5.78 Å². The van der Waals surface area contributed by atoms with Crippen molar-refractivity contribution in [3.05, 3.63) is 59.2 Å². The van der Waals surface area contributed by atoms with E-state index in [-0.39, 0.29) is 11.3 Å². The minimum atomic E-state index is -0.536. The van der Waals surface area contributed by atoms with Crippen LogP contribution in [0.4, 0.5) is 4.39 Å². The van der Waals surface area contributed by atoms with Crippen LogP contribution in [0, 0.1) is 12.7 Å². The highest BCUT2D eigenvalue weighted by Crippen LogP contribution is 2.14. The van der Waals surface area contributed by atoms with Crippen molar-refractivity contribution < 1.29 is 9.18 Å². The largest absolute Gasteiger partial charge is 0.339 e. The molecule has 3 nitrogen and oxygen atoms in total. The lowest BCUT2D eigenvalue weighted by Gasteiger charge is -2.04. The van der Waals surface area contributed by atoms with Crippen molar-refractivity contribution in [2.24, 2.45) is 0 Å². The first-order valence-corrected chi connectivity index (χ1v) is 4.84. The van der Waals surface area contributed by atoms with E-state index in [0.717, 1.165) is 5.69 Å². The number of carbonyl (C=O) groups is 1. The van der Waals surface area contributed by atoms with Crippen molar-refractivity contribution in [2.75, 3.05) is 5.84 Å². The highest BCUT2D eigenvalue weighted by molar-refractivity contribution is 6.08. The molecule has 0 fully saturated rings. The van der Waals surface area contributed by atoms with E-state index in [2.05, 4.69) is 0 Å². The molecule has 0 aliphatic heterocycles. The van der Waals surface area contributed by atoms with Gasteiger partial charge in [0.2, 0.25) is 5.78 Å². The van der Waals surface area contributed by atoms with Gasteiger partial charge in [0, 0.05) is 5.69 Å². The van der Waals surface area contributed by atoms with Crippen molar-refractivity contribution in [3.8, 4) is 0 Å². The lowest BCUT2D eigenvalue weighted by molar-refractivity contribution is 0.102. The second kappa shape index (κ2) is 3.81. The third-order valence-electron chi connectivity index (χ3n) is 2.47. The summed E-state index contributed by atoms with van der Waals surface area (Å²) in [6.45, 7) is 1.78. The van der Waals surface area contributed by atoms with E-state index in [9.17, 15) is 9.18 Å². The van der Waals surface area contributed by atoms with Gasteiger partial charge in [-0.3, -0.25) is 9.47 Å². The van der Waals surface area contributed by atoms with Gasteiger partial charge in [0.05, 0.1) is 5.56 Å². The standard InChI is InChI=1S/C12H11FN2O/c1-8-6-7-11(15(8)14)12(16)9-4-2-3-5-10(9)13/h2-7H,14H2,1H3. The van der Waals surface area contributed by atoms with E-state index in [1.165, 1.54) is 16.8 Å². The summed E-state index contributed by atoms with van der Waals surface area (Å²) < 4.78 is 14.7. The molecule has 0 saturated carbocycles. The van der Waals surface area contributed by atoms with E-state index in [1.807, 2.05) is 0 Å². The topological polar surface area (TPSA) is 48.0 Å². The SMILES string of the molecule is Cc1ccc(C(=O)c2ccccc2F)n1N. The maximum absolute atomic E-state index is 13.4. The minimum Gasteiger partial charge on any atom is -0.339 e. The Labute approximate surface area is 92.3 Å². The summed E-state index contributed by atoms with van der Waals surface area (Å²) in [5.74, 6) is 4.72. The summed E-state index contributed by atoms with van der Waals surface area (Å²) >= 11 is 0. The summed E-state index contributed by atoms with van der Waals surface area (Å²) in [7, 11) is 0. The highest BCUT2D eigenvalue weighted by Gasteiger charge is 2.16. The predicted octanol–water partition coefficient (Wildman–Crippen LogP) is 1.88. The molecule has 0 amide bonds. The summed E-state index contributed by atoms with van der Waals surface area (Å²) in [5, 5.41) is 0. The molecule has 0 bridgehead atoms. The van der Waals surface area contributed by atoms with Gasteiger partial charge in [-0.25, -0.2) is 4.39 Å². The molecule has 0 saturated heterocycles. The number of nitrogens with two attached hydrogens (primary N) is 1. The van der Waals surface area contributed by atoms with Crippen LogP contribution in [0.15, 0.2) is 36.4 Å². The van der Waals surface area contributed by atoms with Crippen LogP contribution in [-0.2, 0) is 0 Å². The maximum atomic E-state index is 13.4. The number of halogens is 1. The van der Waals surface area contributed by atoms with Gasteiger partial charge in [-0.1, -0.05) is 12.1 Å². The molecular weight excluding hydrogens is 207 g/mol. The molecule has 2 aromatic rings. The van der Waals surface area contributed by atoms with Crippen molar-refractivity contribution in [1.82, 2.24) is 4.68 Å². The van der Waals surface area contributed by atoms with E-state index in [4.69, 9.17) is 5.84 Å². The van der Waals surface area contributed by atoms with Crippen molar-refractivity contribution in [1.29, 1.82) is 0 Å². The Bertz CT molecular complexity index is 546. The van der Waals surface area contributed by atoms with Crippen molar-refractivity contribution in [2.45, 2.75) is 6.92 Å². The van der Waals surface area contributed by atoms with Gasteiger partial charge in [0.1, 0.15) is 11.5 Å². The molecular formula is C12H11FN2O. The van der Waals surface area contributed by atoms with Crippen LogP contribution in [0.5, 0.6) is 0 Å². The molecule has 0 unspecified atom stereocenters.